The second kappa shape index (κ2) is 8.61. The lowest BCUT2D eigenvalue weighted by Gasteiger charge is -2.08. The molecule has 0 spiro atoms. The monoisotopic (exact) mass is 389 g/mol. The number of rotatable bonds is 6. The SMILES string of the molecule is O=C(CSCc1c(Cl)cccc1Cl)NCc1ccc2ccccc2c1. The van der Waals surface area contributed by atoms with Crippen molar-refractivity contribution in [1.29, 1.82) is 0 Å². The van der Waals surface area contributed by atoms with Crippen LogP contribution in [-0.4, -0.2) is 11.7 Å². The Balaban J connectivity index is 1.49. The number of carbonyl (C=O) groups excluding carboxylic acids is 1. The summed E-state index contributed by atoms with van der Waals surface area (Å²) >= 11 is 13.8. The van der Waals surface area contributed by atoms with E-state index in [1.165, 1.54) is 22.5 Å². The van der Waals surface area contributed by atoms with Gasteiger partial charge in [0.2, 0.25) is 5.91 Å². The van der Waals surface area contributed by atoms with E-state index in [1.54, 1.807) is 0 Å². The summed E-state index contributed by atoms with van der Waals surface area (Å²) in [6.07, 6.45) is 0. The smallest absolute Gasteiger partial charge is 0.230 e. The third-order valence-corrected chi connectivity index (χ3v) is 5.51. The van der Waals surface area contributed by atoms with Crippen molar-refractivity contribution in [2.75, 3.05) is 5.75 Å². The van der Waals surface area contributed by atoms with E-state index in [0.29, 0.717) is 28.1 Å². The zero-order chi connectivity index (χ0) is 17.6. The fourth-order valence-electron chi connectivity index (χ4n) is 2.52. The van der Waals surface area contributed by atoms with Crippen molar-refractivity contribution in [1.82, 2.24) is 5.32 Å². The molecule has 0 aliphatic heterocycles. The third kappa shape index (κ3) is 4.91. The molecule has 0 fully saturated rings. The average Bonchev–Trinajstić information content (AvgIpc) is 2.62. The van der Waals surface area contributed by atoms with Gasteiger partial charge in [0, 0.05) is 22.3 Å². The molecular weight excluding hydrogens is 373 g/mol. The number of halogens is 2. The highest BCUT2D eigenvalue weighted by Crippen LogP contribution is 2.28. The first-order valence-corrected chi connectivity index (χ1v) is 9.79. The molecule has 3 aromatic rings. The van der Waals surface area contributed by atoms with E-state index in [2.05, 4.69) is 29.6 Å². The highest BCUT2D eigenvalue weighted by atomic mass is 35.5. The van der Waals surface area contributed by atoms with E-state index >= 15 is 0 Å². The Morgan fingerprint density at radius 2 is 1.64 bits per heavy atom. The van der Waals surface area contributed by atoms with Crippen molar-refractivity contribution < 1.29 is 4.79 Å². The van der Waals surface area contributed by atoms with Gasteiger partial charge in [-0.25, -0.2) is 0 Å². The van der Waals surface area contributed by atoms with Crippen molar-refractivity contribution in [2.45, 2.75) is 12.3 Å². The molecule has 0 saturated carbocycles. The molecule has 0 aliphatic rings. The van der Waals surface area contributed by atoms with Crippen LogP contribution in [0, 0.1) is 0 Å². The van der Waals surface area contributed by atoms with E-state index in [-0.39, 0.29) is 5.91 Å². The van der Waals surface area contributed by atoms with Crippen molar-refractivity contribution >= 4 is 51.6 Å². The highest BCUT2D eigenvalue weighted by Gasteiger charge is 2.07. The maximum absolute atomic E-state index is 12.0. The molecule has 0 heterocycles. The van der Waals surface area contributed by atoms with Gasteiger partial charge in [-0.15, -0.1) is 11.8 Å². The average molecular weight is 390 g/mol. The van der Waals surface area contributed by atoms with Crippen molar-refractivity contribution in [3.8, 4) is 0 Å². The molecule has 1 N–H and O–H groups in total. The number of hydrogen-bond donors (Lipinski definition) is 1. The molecule has 0 aromatic heterocycles. The largest absolute Gasteiger partial charge is 0.351 e. The van der Waals surface area contributed by atoms with E-state index in [9.17, 15) is 4.79 Å². The van der Waals surface area contributed by atoms with Gasteiger partial charge < -0.3 is 5.32 Å². The van der Waals surface area contributed by atoms with Gasteiger partial charge in [-0.2, -0.15) is 0 Å². The van der Waals surface area contributed by atoms with Crippen LogP contribution in [0.15, 0.2) is 60.7 Å². The molecule has 1 amide bonds. The molecular formula is C20H17Cl2NOS. The number of benzene rings is 3. The first-order valence-electron chi connectivity index (χ1n) is 7.88. The second-order valence-corrected chi connectivity index (χ2v) is 7.45. The van der Waals surface area contributed by atoms with E-state index < -0.39 is 0 Å². The van der Waals surface area contributed by atoms with Gasteiger partial charge in [0.25, 0.3) is 0 Å². The molecule has 5 heteroatoms. The minimum absolute atomic E-state index is 0.00124. The summed E-state index contributed by atoms with van der Waals surface area (Å²) in [7, 11) is 0. The molecule has 3 rings (SSSR count). The lowest BCUT2D eigenvalue weighted by Crippen LogP contribution is -2.24. The predicted molar refractivity (Wildman–Crippen MR) is 108 cm³/mol. The first kappa shape index (κ1) is 18.1. The Hall–Kier alpha value is -1.68. The fraction of sp³-hybridized carbons (Fsp3) is 0.150. The predicted octanol–water partition coefficient (Wildman–Crippen LogP) is 5.70. The van der Waals surface area contributed by atoms with Crippen LogP contribution in [0.1, 0.15) is 11.1 Å². The van der Waals surface area contributed by atoms with Gasteiger partial charge in [-0.1, -0.05) is 65.7 Å². The number of carbonyl (C=O) groups is 1. The summed E-state index contributed by atoms with van der Waals surface area (Å²) in [5.41, 5.74) is 1.96. The number of hydrogen-bond acceptors (Lipinski definition) is 2. The topological polar surface area (TPSA) is 29.1 Å². The van der Waals surface area contributed by atoms with Crippen LogP contribution in [0.5, 0.6) is 0 Å². The van der Waals surface area contributed by atoms with Gasteiger partial charge in [0.1, 0.15) is 0 Å². The molecule has 128 valence electrons. The van der Waals surface area contributed by atoms with Crippen LogP contribution in [0.2, 0.25) is 10.0 Å². The number of fused-ring (bicyclic) bond motifs is 1. The van der Waals surface area contributed by atoms with Gasteiger partial charge in [-0.05, 0) is 40.1 Å². The van der Waals surface area contributed by atoms with Crippen LogP contribution < -0.4 is 5.32 Å². The highest BCUT2D eigenvalue weighted by molar-refractivity contribution is 7.99. The van der Waals surface area contributed by atoms with E-state index in [1.807, 2.05) is 36.4 Å². The van der Waals surface area contributed by atoms with Gasteiger partial charge >= 0.3 is 0 Å². The molecule has 0 aliphatic carbocycles. The van der Waals surface area contributed by atoms with Crippen LogP contribution in [0.25, 0.3) is 10.8 Å². The molecule has 3 aromatic carbocycles. The maximum atomic E-state index is 12.0. The van der Waals surface area contributed by atoms with Crippen molar-refractivity contribution in [2.24, 2.45) is 0 Å². The third-order valence-electron chi connectivity index (χ3n) is 3.84. The molecule has 0 saturated heterocycles. The number of thioether (sulfide) groups is 1. The Labute approximate surface area is 161 Å². The van der Waals surface area contributed by atoms with Gasteiger partial charge in [0.15, 0.2) is 0 Å². The summed E-state index contributed by atoms with van der Waals surface area (Å²) in [4.78, 5) is 12.0. The number of amides is 1. The van der Waals surface area contributed by atoms with Crippen molar-refractivity contribution in [3.05, 3.63) is 81.8 Å². The molecule has 0 unspecified atom stereocenters. The van der Waals surface area contributed by atoms with E-state index in [0.717, 1.165) is 11.1 Å². The molecule has 2 nitrogen and oxygen atoms in total. The van der Waals surface area contributed by atoms with Crippen LogP contribution in [-0.2, 0) is 17.1 Å². The minimum Gasteiger partial charge on any atom is -0.351 e. The summed E-state index contributed by atoms with van der Waals surface area (Å²) in [5, 5.41) is 6.60. The Kier molecular flexibility index (Phi) is 6.24. The second-order valence-electron chi connectivity index (χ2n) is 5.65. The molecule has 0 bridgehead atoms. The summed E-state index contributed by atoms with van der Waals surface area (Å²) in [5.74, 6) is 0.984. The van der Waals surface area contributed by atoms with Crippen molar-refractivity contribution in [3.63, 3.8) is 0 Å². The quantitative estimate of drug-likeness (QED) is 0.585. The van der Waals surface area contributed by atoms with Crippen LogP contribution in [0.3, 0.4) is 0 Å². The summed E-state index contributed by atoms with van der Waals surface area (Å²) in [6, 6.07) is 19.8. The van der Waals surface area contributed by atoms with E-state index in [4.69, 9.17) is 23.2 Å². The van der Waals surface area contributed by atoms with Gasteiger partial charge in [0.05, 0.1) is 5.75 Å². The van der Waals surface area contributed by atoms with Crippen LogP contribution >= 0.6 is 35.0 Å². The zero-order valence-corrected chi connectivity index (χ0v) is 15.8. The molecule has 25 heavy (non-hydrogen) atoms. The summed E-state index contributed by atoms with van der Waals surface area (Å²) in [6.45, 7) is 0.525. The maximum Gasteiger partial charge on any atom is 0.230 e. The lowest BCUT2D eigenvalue weighted by atomic mass is 10.1. The molecule has 0 radical (unpaired) electrons. The zero-order valence-electron chi connectivity index (χ0n) is 13.5. The number of nitrogens with one attached hydrogen (secondary N) is 1. The minimum atomic E-state index is 0.00124. The lowest BCUT2D eigenvalue weighted by molar-refractivity contribution is -0.118. The van der Waals surface area contributed by atoms with Crippen LogP contribution in [0.4, 0.5) is 0 Å². The standard InChI is InChI=1S/C20H17Cl2NOS/c21-18-6-3-7-19(22)17(18)12-25-13-20(24)23-11-14-8-9-15-4-1-2-5-16(15)10-14/h1-10H,11-13H2,(H,23,24). The summed E-state index contributed by atoms with van der Waals surface area (Å²) < 4.78 is 0. The van der Waals surface area contributed by atoms with Gasteiger partial charge in [-0.3, -0.25) is 4.79 Å². The molecule has 0 atom stereocenters. The Bertz CT molecular complexity index is 878. The Morgan fingerprint density at radius 1 is 0.920 bits per heavy atom. The fourth-order valence-corrected chi connectivity index (χ4v) is 4.11. The first-order chi connectivity index (χ1) is 12.1. The normalized spacial score (nSPS) is 10.8. The Morgan fingerprint density at radius 3 is 2.40 bits per heavy atom.